The lowest BCUT2D eigenvalue weighted by atomic mass is 9.78. The molecule has 0 amide bonds. The Morgan fingerprint density at radius 3 is 2.19 bits per heavy atom. The van der Waals surface area contributed by atoms with Crippen molar-refractivity contribution in [1.29, 1.82) is 0 Å². The Bertz CT molecular complexity index is 1100. The van der Waals surface area contributed by atoms with Crippen LogP contribution in [-0.2, 0) is 22.4 Å². The molecule has 198 valence electrons. The molecule has 3 nitrogen and oxygen atoms in total. The van der Waals surface area contributed by atoms with E-state index in [2.05, 4.69) is 67.6 Å². The molecular formula is C34H44O3. The van der Waals surface area contributed by atoms with Crippen LogP contribution in [0.25, 0.3) is 21.9 Å². The molecule has 1 aliphatic rings. The highest BCUT2D eigenvalue weighted by atomic mass is 16.5. The van der Waals surface area contributed by atoms with Crippen LogP contribution in [0.3, 0.4) is 0 Å². The van der Waals surface area contributed by atoms with Gasteiger partial charge in [0, 0.05) is 12.5 Å². The van der Waals surface area contributed by atoms with Crippen LogP contribution >= 0.6 is 0 Å². The molecule has 37 heavy (non-hydrogen) atoms. The van der Waals surface area contributed by atoms with Gasteiger partial charge in [0.05, 0.1) is 6.61 Å². The highest BCUT2D eigenvalue weighted by Crippen LogP contribution is 2.34. The lowest BCUT2D eigenvalue weighted by molar-refractivity contribution is -0.130. The third-order valence-electron chi connectivity index (χ3n) is 8.37. The molecule has 4 rings (SSSR count). The van der Waals surface area contributed by atoms with Gasteiger partial charge in [0.15, 0.2) is 0 Å². The van der Waals surface area contributed by atoms with Gasteiger partial charge in [0.2, 0.25) is 0 Å². The predicted octanol–water partition coefficient (Wildman–Crippen LogP) is 8.15. The van der Waals surface area contributed by atoms with Crippen LogP contribution < -0.4 is 0 Å². The molecule has 1 fully saturated rings. The van der Waals surface area contributed by atoms with Crippen LogP contribution in [0, 0.1) is 17.8 Å². The van der Waals surface area contributed by atoms with Crippen molar-refractivity contribution in [1.82, 2.24) is 0 Å². The molecule has 0 bridgehead atoms. The zero-order valence-electron chi connectivity index (χ0n) is 22.5. The summed E-state index contributed by atoms with van der Waals surface area (Å²) in [5.74, 6) is 1.92. The van der Waals surface area contributed by atoms with Crippen molar-refractivity contribution in [2.24, 2.45) is 17.8 Å². The first-order valence-electron chi connectivity index (χ1n) is 14.5. The van der Waals surface area contributed by atoms with Crippen LogP contribution in [0.2, 0.25) is 0 Å². The molecule has 0 spiro atoms. The SMILES string of the molecule is CCCC1CCC(CCCCc2ccc3cc(-c4ccc(CC(CO)COC=O)cc4)ccc3c2)CC1. The molecule has 0 radical (unpaired) electrons. The van der Waals surface area contributed by atoms with E-state index in [1.165, 1.54) is 91.7 Å². The van der Waals surface area contributed by atoms with Crippen LogP contribution in [0.5, 0.6) is 0 Å². The molecule has 1 atom stereocenters. The second-order valence-corrected chi connectivity index (χ2v) is 11.2. The van der Waals surface area contributed by atoms with Crippen molar-refractivity contribution in [3.05, 3.63) is 71.8 Å². The summed E-state index contributed by atoms with van der Waals surface area (Å²) >= 11 is 0. The largest absolute Gasteiger partial charge is 0.468 e. The van der Waals surface area contributed by atoms with Crippen LogP contribution in [0.1, 0.15) is 75.8 Å². The average Bonchev–Trinajstić information content (AvgIpc) is 2.94. The summed E-state index contributed by atoms with van der Waals surface area (Å²) in [5, 5.41) is 12.1. The minimum atomic E-state index is -0.0727. The summed E-state index contributed by atoms with van der Waals surface area (Å²) < 4.78 is 4.82. The third kappa shape index (κ3) is 8.17. The normalized spacial score (nSPS) is 18.5. The first-order valence-corrected chi connectivity index (χ1v) is 14.5. The van der Waals surface area contributed by atoms with Crippen molar-refractivity contribution >= 4 is 17.2 Å². The van der Waals surface area contributed by atoms with Crippen LogP contribution in [-0.4, -0.2) is 24.8 Å². The van der Waals surface area contributed by atoms with E-state index in [0.29, 0.717) is 12.9 Å². The Labute approximate surface area is 223 Å². The number of unbranched alkanes of at least 4 members (excludes halogenated alkanes) is 1. The van der Waals surface area contributed by atoms with Crippen LogP contribution in [0.15, 0.2) is 60.7 Å². The fourth-order valence-electron chi connectivity index (χ4n) is 6.13. The molecule has 1 saturated carbocycles. The minimum absolute atomic E-state index is 0.00226. The fourth-order valence-corrected chi connectivity index (χ4v) is 6.13. The van der Waals surface area contributed by atoms with E-state index in [-0.39, 0.29) is 19.1 Å². The zero-order valence-corrected chi connectivity index (χ0v) is 22.5. The lowest BCUT2D eigenvalue weighted by Crippen LogP contribution is -2.16. The molecule has 0 heterocycles. The molecule has 3 aromatic rings. The predicted molar refractivity (Wildman–Crippen MR) is 154 cm³/mol. The number of aliphatic hydroxyl groups excluding tert-OH is 1. The number of benzene rings is 3. The number of ether oxygens (including phenoxy) is 1. The maximum Gasteiger partial charge on any atom is 0.293 e. The molecule has 3 heteroatoms. The standard InChI is InChI=1S/C34H44O3/c1-2-5-26-8-10-27(11-9-26)6-3-4-7-28-14-17-34-22-33(19-18-32(34)21-28)31-15-12-29(13-16-31)20-30(23-35)24-37-25-36/h12-19,21-22,25-27,30,35H,2-11,20,23-24H2,1H3. The van der Waals surface area contributed by atoms with Crippen molar-refractivity contribution < 1.29 is 14.6 Å². The monoisotopic (exact) mass is 500 g/mol. The molecule has 1 N–H and O–H groups in total. The third-order valence-corrected chi connectivity index (χ3v) is 8.37. The van der Waals surface area contributed by atoms with Crippen LogP contribution in [0.4, 0.5) is 0 Å². The van der Waals surface area contributed by atoms with Gasteiger partial charge in [-0.1, -0.05) is 113 Å². The number of rotatable bonds is 14. The molecule has 3 aromatic carbocycles. The number of hydrogen-bond acceptors (Lipinski definition) is 3. The maximum atomic E-state index is 10.4. The van der Waals surface area contributed by atoms with Crippen molar-refractivity contribution in [2.45, 2.75) is 77.6 Å². The molecule has 0 aromatic heterocycles. The number of carbonyl (C=O) groups excluding carboxylic acids is 1. The van der Waals surface area contributed by atoms with Gasteiger partial charge in [-0.05, 0) is 70.2 Å². The van der Waals surface area contributed by atoms with E-state index in [4.69, 9.17) is 4.74 Å². The fraction of sp³-hybridized carbons (Fsp3) is 0.500. The second kappa shape index (κ2) is 14.3. The van der Waals surface area contributed by atoms with Gasteiger partial charge >= 0.3 is 0 Å². The van der Waals surface area contributed by atoms with Gasteiger partial charge in [0.1, 0.15) is 0 Å². The number of aryl methyl sites for hydroxylation is 1. The average molecular weight is 501 g/mol. The maximum absolute atomic E-state index is 10.4. The number of fused-ring (bicyclic) bond motifs is 1. The van der Waals surface area contributed by atoms with Gasteiger partial charge in [-0.2, -0.15) is 0 Å². The molecule has 1 aliphatic carbocycles. The summed E-state index contributed by atoms with van der Waals surface area (Å²) in [6.45, 7) is 3.01. The highest BCUT2D eigenvalue weighted by Gasteiger charge is 2.20. The van der Waals surface area contributed by atoms with Crippen molar-refractivity contribution in [3.8, 4) is 11.1 Å². The smallest absolute Gasteiger partial charge is 0.293 e. The Morgan fingerprint density at radius 2 is 1.49 bits per heavy atom. The zero-order chi connectivity index (χ0) is 25.9. The van der Waals surface area contributed by atoms with Crippen molar-refractivity contribution in [3.63, 3.8) is 0 Å². The molecule has 1 unspecified atom stereocenters. The van der Waals surface area contributed by atoms with Gasteiger partial charge in [-0.25, -0.2) is 0 Å². The van der Waals surface area contributed by atoms with E-state index in [1.54, 1.807) is 0 Å². The van der Waals surface area contributed by atoms with Gasteiger partial charge in [-0.3, -0.25) is 4.79 Å². The van der Waals surface area contributed by atoms with E-state index in [1.807, 2.05) is 0 Å². The summed E-state index contributed by atoms with van der Waals surface area (Å²) in [5.41, 5.74) is 4.98. The molecular weight excluding hydrogens is 456 g/mol. The summed E-state index contributed by atoms with van der Waals surface area (Å²) in [6.07, 6.45) is 14.6. The van der Waals surface area contributed by atoms with Crippen molar-refractivity contribution in [2.75, 3.05) is 13.2 Å². The summed E-state index contributed by atoms with van der Waals surface area (Å²) in [4.78, 5) is 10.4. The van der Waals surface area contributed by atoms with Gasteiger partial charge < -0.3 is 9.84 Å². The van der Waals surface area contributed by atoms with E-state index >= 15 is 0 Å². The second-order valence-electron chi connectivity index (χ2n) is 11.2. The number of aliphatic hydroxyl groups is 1. The Morgan fingerprint density at radius 1 is 0.838 bits per heavy atom. The Kier molecular flexibility index (Phi) is 10.6. The first-order chi connectivity index (χ1) is 18.2. The Balaban J connectivity index is 1.27. The molecule has 0 saturated heterocycles. The topological polar surface area (TPSA) is 46.5 Å². The number of hydrogen-bond donors (Lipinski definition) is 1. The highest BCUT2D eigenvalue weighted by molar-refractivity contribution is 5.87. The minimum Gasteiger partial charge on any atom is -0.468 e. The van der Waals surface area contributed by atoms with E-state index in [0.717, 1.165) is 17.4 Å². The quantitative estimate of drug-likeness (QED) is 0.179. The first kappa shape index (κ1) is 27.4. The number of carbonyl (C=O) groups is 1. The van der Waals surface area contributed by atoms with Gasteiger partial charge in [-0.15, -0.1) is 0 Å². The van der Waals surface area contributed by atoms with E-state index < -0.39 is 0 Å². The summed E-state index contributed by atoms with van der Waals surface area (Å²) in [7, 11) is 0. The lowest BCUT2D eigenvalue weighted by Gasteiger charge is -2.28. The summed E-state index contributed by atoms with van der Waals surface area (Å²) in [6, 6.07) is 22.2. The Hall–Kier alpha value is -2.65. The molecule has 0 aliphatic heterocycles. The van der Waals surface area contributed by atoms with E-state index in [9.17, 15) is 9.90 Å². The van der Waals surface area contributed by atoms with Gasteiger partial charge in [0.25, 0.3) is 6.47 Å².